The Morgan fingerprint density at radius 2 is 2.17 bits per heavy atom. The lowest BCUT2D eigenvalue weighted by Gasteiger charge is -2.15. The first-order valence-corrected chi connectivity index (χ1v) is 8.50. The van der Waals surface area contributed by atoms with E-state index in [0.717, 1.165) is 32.3 Å². The number of nitrogens with one attached hydrogen (secondary N) is 1. The molecule has 2 N–H and O–H groups in total. The summed E-state index contributed by atoms with van der Waals surface area (Å²) < 4.78 is 11.2. The lowest BCUT2D eigenvalue weighted by Crippen LogP contribution is -2.41. The summed E-state index contributed by atoms with van der Waals surface area (Å²) in [5.41, 5.74) is 0.405. The molecule has 6 heteroatoms. The van der Waals surface area contributed by atoms with Crippen LogP contribution in [-0.2, 0) is 9.53 Å². The van der Waals surface area contributed by atoms with Crippen molar-refractivity contribution in [3.8, 4) is 5.75 Å². The molecular weight excluding hydrogens is 310 g/mol. The molecule has 24 heavy (non-hydrogen) atoms. The Morgan fingerprint density at radius 1 is 1.33 bits per heavy atom. The number of carboxylic acids is 1. The molecule has 0 radical (unpaired) electrons. The first kappa shape index (κ1) is 16.8. The van der Waals surface area contributed by atoms with Crippen molar-refractivity contribution < 1.29 is 24.2 Å². The normalized spacial score (nSPS) is 21.2. The standard InChI is InChI=1S/C18H23NO5/c20-17(19-16(18(21)22)9-12-6-7-12)13-3-1-4-14(10-13)24-11-15-5-2-8-23-15/h1,3-4,10,12,15-16H,2,5-9,11H2,(H,19,20)(H,21,22). The Balaban J connectivity index is 1.57. The topological polar surface area (TPSA) is 84.9 Å². The smallest absolute Gasteiger partial charge is 0.326 e. The fraction of sp³-hybridized carbons (Fsp3) is 0.556. The van der Waals surface area contributed by atoms with Gasteiger partial charge in [-0.25, -0.2) is 4.79 Å². The predicted octanol–water partition coefficient (Wildman–Crippen LogP) is 2.23. The molecule has 1 aliphatic heterocycles. The molecule has 1 aliphatic carbocycles. The van der Waals surface area contributed by atoms with Gasteiger partial charge in [0.2, 0.25) is 0 Å². The minimum atomic E-state index is -0.985. The summed E-state index contributed by atoms with van der Waals surface area (Å²) in [6.45, 7) is 1.23. The number of carboxylic acid groups (broad SMARTS) is 1. The second-order valence-electron chi connectivity index (χ2n) is 6.52. The molecule has 2 aliphatic rings. The van der Waals surface area contributed by atoms with Gasteiger partial charge in [-0.15, -0.1) is 0 Å². The lowest BCUT2D eigenvalue weighted by atomic mass is 10.1. The van der Waals surface area contributed by atoms with E-state index < -0.39 is 12.0 Å². The van der Waals surface area contributed by atoms with Crippen molar-refractivity contribution in [2.75, 3.05) is 13.2 Å². The van der Waals surface area contributed by atoms with Crippen LogP contribution in [0, 0.1) is 5.92 Å². The molecule has 130 valence electrons. The Hall–Kier alpha value is -2.08. The number of amides is 1. The van der Waals surface area contributed by atoms with Gasteiger partial charge in [0.05, 0.1) is 6.10 Å². The van der Waals surface area contributed by atoms with Gasteiger partial charge in [-0.2, -0.15) is 0 Å². The second kappa shape index (κ2) is 7.66. The second-order valence-corrected chi connectivity index (χ2v) is 6.52. The average molecular weight is 333 g/mol. The van der Waals surface area contributed by atoms with Gasteiger partial charge in [0.15, 0.2) is 0 Å². The maximum absolute atomic E-state index is 12.3. The number of rotatable bonds is 8. The van der Waals surface area contributed by atoms with Crippen LogP contribution in [0.3, 0.4) is 0 Å². The zero-order chi connectivity index (χ0) is 16.9. The Morgan fingerprint density at radius 3 is 2.83 bits per heavy atom. The Kier molecular flexibility index (Phi) is 5.35. The summed E-state index contributed by atoms with van der Waals surface area (Å²) in [5, 5.41) is 11.9. The molecule has 3 rings (SSSR count). The van der Waals surface area contributed by atoms with Crippen molar-refractivity contribution in [1.82, 2.24) is 5.32 Å². The minimum absolute atomic E-state index is 0.109. The van der Waals surface area contributed by atoms with Crippen LogP contribution in [-0.4, -0.2) is 42.3 Å². The number of aliphatic carboxylic acids is 1. The van der Waals surface area contributed by atoms with Gasteiger partial charge in [0, 0.05) is 12.2 Å². The lowest BCUT2D eigenvalue weighted by molar-refractivity contribution is -0.139. The Bertz CT molecular complexity index is 593. The molecule has 1 heterocycles. The highest BCUT2D eigenvalue weighted by Gasteiger charge is 2.30. The van der Waals surface area contributed by atoms with Crippen molar-refractivity contribution in [2.24, 2.45) is 5.92 Å². The fourth-order valence-electron chi connectivity index (χ4n) is 2.84. The van der Waals surface area contributed by atoms with Crippen LogP contribution in [0.5, 0.6) is 5.75 Å². The van der Waals surface area contributed by atoms with E-state index in [1.807, 2.05) is 0 Å². The van der Waals surface area contributed by atoms with E-state index in [-0.39, 0.29) is 12.0 Å². The van der Waals surface area contributed by atoms with E-state index in [0.29, 0.717) is 30.3 Å². The molecule has 0 spiro atoms. The predicted molar refractivity (Wildman–Crippen MR) is 87.1 cm³/mol. The van der Waals surface area contributed by atoms with Crippen LogP contribution < -0.4 is 10.1 Å². The molecule has 1 saturated carbocycles. The SMILES string of the molecule is O=C(NC(CC1CC1)C(=O)O)c1cccc(OCC2CCCO2)c1. The van der Waals surface area contributed by atoms with Gasteiger partial charge in [-0.1, -0.05) is 18.9 Å². The van der Waals surface area contributed by atoms with Gasteiger partial charge < -0.3 is 19.9 Å². The molecule has 2 fully saturated rings. The van der Waals surface area contributed by atoms with Crippen molar-refractivity contribution in [1.29, 1.82) is 0 Å². The van der Waals surface area contributed by atoms with Crippen LogP contribution in [0.1, 0.15) is 42.5 Å². The first-order chi connectivity index (χ1) is 11.6. The van der Waals surface area contributed by atoms with E-state index in [2.05, 4.69) is 5.32 Å². The highest BCUT2D eigenvalue weighted by Crippen LogP contribution is 2.33. The van der Waals surface area contributed by atoms with Crippen LogP contribution in [0.15, 0.2) is 24.3 Å². The molecule has 0 aromatic heterocycles. The third kappa shape index (κ3) is 4.71. The molecular formula is C18H23NO5. The van der Waals surface area contributed by atoms with Gasteiger partial charge in [0.25, 0.3) is 5.91 Å². The number of benzene rings is 1. The molecule has 2 unspecified atom stereocenters. The summed E-state index contributed by atoms with van der Waals surface area (Å²) in [4.78, 5) is 23.6. The molecule has 0 bridgehead atoms. The van der Waals surface area contributed by atoms with Gasteiger partial charge in [-0.3, -0.25) is 4.79 Å². The molecule has 2 atom stereocenters. The fourth-order valence-corrected chi connectivity index (χ4v) is 2.84. The first-order valence-electron chi connectivity index (χ1n) is 8.50. The number of carbonyl (C=O) groups is 2. The van der Waals surface area contributed by atoms with Crippen molar-refractivity contribution >= 4 is 11.9 Å². The largest absolute Gasteiger partial charge is 0.491 e. The van der Waals surface area contributed by atoms with E-state index in [9.17, 15) is 14.7 Å². The minimum Gasteiger partial charge on any atom is -0.491 e. The number of hydrogen-bond donors (Lipinski definition) is 2. The van der Waals surface area contributed by atoms with Crippen molar-refractivity contribution in [2.45, 2.75) is 44.2 Å². The van der Waals surface area contributed by atoms with Gasteiger partial charge in [-0.05, 0) is 43.4 Å². The summed E-state index contributed by atoms with van der Waals surface area (Å²) >= 11 is 0. The zero-order valence-corrected chi connectivity index (χ0v) is 13.6. The van der Waals surface area contributed by atoms with Crippen molar-refractivity contribution in [3.05, 3.63) is 29.8 Å². The average Bonchev–Trinajstić information content (AvgIpc) is 3.24. The number of carbonyl (C=O) groups excluding carboxylic acids is 1. The van der Waals surface area contributed by atoms with Crippen LogP contribution in [0.4, 0.5) is 0 Å². The maximum atomic E-state index is 12.3. The maximum Gasteiger partial charge on any atom is 0.326 e. The van der Waals surface area contributed by atoms with Gasteiger partial charge >= 0.3 is 5.97 Å². The third-order valence-corrected chi connectivity index (χ3v) is 4.43. The summed E-state index contributed by atoms with van der Waals surface area (Å²) in [7, 11) is 0. The number of hydrogen-bond acceptors (Lipinski definition) is 4. The van der Waals surface area contributed by atoms with Crippen LogP contribution in [0.25, 0.3) is 0 Å². The summed E-state index contributed by atoms with van der Waals surface area (Å²) in [6.07, 6.45) is 4.74. The van der Waals surface area contributed by atoms with E-state index in [1.165, 1.54) is 0 Å². The highest BCUT2D eigenvalue weighted by molar-refractivity contribution is 5.96. The van der Waals surface area contributed by atoms with E-state index >= 15 is 0 Å². The van der Waals surface area contributed by atoms with Crippen molar-refractivity contribution in [3.63, 3.8) is 0 Å². The third-order valence-electron chi connectivity index (χ3n) is 4.43. The van der Waals surface area contributed by atoms with E-state index in [4.69, 9.17) is 9.47 Å². The Labute approximate surface area is 141 Å². The molecule has 1 aromatic rings. The molecule has 1 saturated heterocycles. The molecule has 1 aromatic carbocycles. The zero-order valence-electron chi connectivity index (χ0n) is 13.6. The monoisotopic (exact) mass is 333 g/mol. The molecule has 1 amide bonds. The van der Waals surface area contributed by atoms with Crippen LogP contribution >= 0.6 is 0 Å². The highest BCUT2D eigenvalue weighted by atomic mass is 16.5. The summed E-state index contributed by atoms with van der Waals surface area (Å²) in [5.74, 6) is -0.355. The van der Waals surface area contributed by atoms with Crippen LogP contribution in [0.2, 0.25) is 0 Å². The quantitative estimate of drug-likeness (QED) is 0.762. The van der Waals surface area contributed by atoms with E-state index in [1.54, 1.807) is 24.3 Å². The number of ether oxygens (including phenoxy) is 2. The summed E-state index contributed by atoms with van der Waals surface area (Å²) in [6, 6.07) is 5.98. The van der Waals surface area contributed by atoms with Gasteiger partial charge in [0.1, 0.15) is 18.4 Å². The molecule has 6 nitrogen and oxygen atoms in total.